The average Bonchev–Trinajstić information content (AvgIpc) is 2.80. The van der Waals surface area contributed by atoms with Crippen LogP contribution in [0.4, 0.5) is 0 Å². The average molecular weight is 484 g/mol. The van der Waals surface area contributed by atoms with E-state index in [1.807, 2.05) is 78.9 Å². The van der Waals surface area contributed by atoms with E-state index in [9.17, 15) is 14.7 Å². The molecule has 0 fully saturated rings. The number of benzene rings is 4. The van der Waals surface area contributed by atoms with E-state index < -0.39 is 5.97 Å². The van der Waals surface area contributed by atoms with Gasteiger partial charge in [0.15, 0.2) is 0 Å². The van der Waals surface area contributed by atoms with Gasteiger partial charge < -0.3 is 5.11 Å². The van der Waals surface area contributed by atoms with Crippen molar-refractivity contribution in [3.63, 3.8) is 0 Å². The molecule has 5 heteroatoms. The standard InChI is InChI=1S/C27H18BrNO3/c28-21-12-13-22-23(15-21)24(19-7-2-1-3-8-19)25(27(31)32)29(26(22)30)16-17-10-11-18-6-4-5-9-20(18)14-17/h1-15H,16H2,(H,31,32). The summed E-state index contributed by atoms with van der Waals surface area (Å²) in [7, 11) is 0. The van der Waals surface area contributed by atoms with Gasteiger partial charge in [0, 0.05) is 15.4 Å². The molecule has 0 atom stereocenters. The molecule has 0 aliphatic heterocycles. The number of carbonyl (C=O) groups is 1. The minimum Gasteiger partial charge on any atom is -0.477 e. The lowest BCUT2D eigenvalue weighted by Gasteiger charge is -2.18. The molecule has 32 heavy (non-hydrogen) atoms. The maximum absolute atomic E-state index is 13.5. The van der Waals surface area contributed by atoms with Crippen LogP contribution in [0.3, 0.4) is 0 Å². The number of nitrogens with zero attached hydrogens (tertiary/aromatic N) is 1. The van der Waals surface area contributed by atoms with Gasteiger partial charge in [-0.3, -0.25) is 9.36 Å². The Hall–Kier alpha value is -3.70. The van der Waals surface area contributed by atoms with E-state index in [0.717, 1.165) is 26.4 Å². The van der Waals surface area contributed by atoms with E-state index in [2.05, 4.69) is 15.9 Å². The first kappa shape index (κ1) is 20.2. The highest BCUT2D eigenvalue weighted by atomic mass is 79.9. The van der Waals surface area contributed by atoms with Crippen LogP contribution in [0, 0.1) is 0 Å². The molecule has 156 valence electrons. The van der Waals surface area contributed by atoms with Crippen LogP contribution in [0.25, 0.3) is 32.7 Å². The van der Waals surface area contributed by atoms with Crippen molar-refractivity contribution < 1.29 is 9.90 Å². The smallest absolute Gasteiger partial charge is 0.353 e. The van der Waals surface area contributed by atoms with Gasteiger partial charge in [-0.2, -0.15) is 0 Å². The second-order valence-corrected chi connectivity index (χ2v) is 8.57. The number of carboxylic acid groups (broad SMARTS) is 1. The number of pyridine rings is 1. The molecule has 4 aromatic carbocycles. The zero-order chi connectivity index (χ0) is 22.2. The van der Waals surface area contributed by atoms with Crippen molar-refractivity contribution in [2.24, 2.45) is 0 Å². The highest BCUT2D eigenvalue weighted by Gasteiger charge is 2.23. The largest absolute Gasteiger partial charge is 0.477 e. The van der Waals surface area contributed by atoms with Crippen molar-refractivity contribution in [2.45, 2.75) is 6.54 Å². The lowest BCUT2D eigenvalue weighted by molar-refractivity contribution is 0.0685. The van der Waals surface area contributed by atoms with Crippen molar-refractivity contribution in [1.29, 1.82) is 0 Å². The van der Waals surface area contributed by atoms with Gasteiger partial charge in [0.25, 0.3) is 5.56 Å². The lowest BCUT2D eigenvalue weighted by Crippen LogP contribution is -2.28. The third-order valence-electron chi connectivity index (χ3n) is 5.65. The van der Waals surface area contributed by atoms with Crippen molar-refractivity contribution in [1.82, 2.24) is 4.57 Å². The SMILES string of the molecule is O=C(O)c1c(-c2ccccc2)c2cc(Br)ccc2c(=O)n1Cc1ccc2ccccc2c1. The van der Waals surface area contributed by atoms with E-state index in [1.165, 1.54) is 4.57 Å². The Balaban J connectivity index is 1.83. The van der Waals surface area contributed by atoms with Crippen molar-refractivity contribution in [2.75, 3.05) is 0 Å². The number of fused-ring (bicyclic) bond motifs is 2. The summed E-state index contributed by atoms with van der Waals surface area (Å²) in [6.07, 6.45) is 0. The van der Waals surface area contributed by atoms with E-state index in [0.29, 0.717) is 16.3 Å². The molecule has 0 bridgehead atoms. The van der Waals surface area contributed by atoms with Crippen LogP contribution in [0.5, 0.6) is 0 Å². The summed E-state index contributed by atoms with van der Waals surface area (Å²) in [6.45, 7) is 0.164. The molecular weight excluding hydrogens is 466 g/mol. The summed E-state index contributed by atoms with van der Waals surface area (Å²) in [5, 5.41) is 13.5. The Morgan fingerprint density at radius 1 is 0.812 bits per heavy atom. The zero-order valence-corrected chi connectivity index (χ0v) is 18.5. The van der Waals surface area contributed by atoms with Gasteiger partial charge in [-0.15, -0.1) is 0 Å². The summed E-state index contributed by atoms with van der Waals surface area (Å²) in [5.74, 6) is -1.14. The molecule has 0 aliphatic carbocycles. The molecule has 0 radical (unpaired) electrons. The molecule has 1 N–H and O–H groups in total. The number of halogens is 1. The molecule has 5 rings (SSSR count). The highest BCUT2D eigenvalue weighted by Crippen LogP contribution is 2.33. The Morgan fingerprint density at radius 3 is 2.28 bits per heavy atom. The predicted molar refractivity (Wildman–Crippen MR) is 131 cm³/mol. The first-order chi connectivity index (χ1) is 15.5. The molecule has 1 heterocycles. The zero-order valence-electron chi connectivity index (χ0n) is 17.0. The van der Waals surface area contributed by atoms with Gasteiger partial charge >= 0.3 is 5.97 Å². The lowest BCUT2D eigenvalue weighted by atomic mass is 9.96. The van der Waals surface area contributed by atoms with Crippen LogP contribution in [0.15, 0.2) is 100 Å². The molecule has 0 saturated heterocycles. The summed E-state index contributed by atoms with van der Waals surface area (Å²) >= 11 is 3.46. The van der Waals surface area contributed by atoms with Crippen molar-refractivity contribution >= 4 is 43.4 Å². The monoisotopic (exact) mass is 483 g/mol. The molecule has 1 aromatic heterocycles. The van der Waals surface area contributed by atoms with Crippen LogP contribution < -0.4 is 5.56 Å². The molecule has 0 aliphatic rings. The molecular formula is C27H18BrNO3. The van der Waals surface area contributed by atoms with Crippen LogP contribution in [0.2, 0.25) is 0 Å². The van der Waals surface area contributed by atoms with Gasteiger partial charge in [0.05, 0.1) is 6.54 Å². The summed E-state index contributed by atoms with van der Waals surface area (Å²) < 4.78 is 2.16. The summed E-state index contributed by atoms with van der Waals surface area (Å²) in [4.78, 5) is 26.0. The number of aromatic carboxylic acids is 1. The van der Waals surface area contributed by atoms with Crippen LogP contribution in [-0.4, -0.2) is 15.6 Å². The van der Waals surface area contributed by atoms with E-state index in [4.69, 9.17) is 0 Å². The fourth-order valence-corrected chi connectivity index (χ4v) is 4.57. The number of hydrogen-bond donors (Lipinski definition) is 1. The van der Waals surface area contributed by atoms with Crippen LogP contribution in [0.1, 0.15) is 16.1 Å². The summed E-state index contributed by atoms with van der Waals surface area (Å²) in [5.41, 5.74) is 1.82. The van der Waals surface area contributed by atoms with Gasteiger partial charge in [-0.25, -0.2) is 4.79 Å². The predicted octanol–water partition coefficient (Wildman–Crippen LogP) is 6.33. The molecule has 0 amide bonds. The Morgan fingerprint density at radius 2 is 1.53 bits per heavy atom. The minimum atomic E-state index is -1.14. The third kappa shape index (κ3) is 3.51. The Bertz CT molecular complexity index is 1550. The summed E-state index contributed by atoms with van der Waals surface area (Å²) in [6, 6.07) is 28.6. The fraction of sp³-hybridized carbons (Fsp3) is 0.0370. The van der Waals surface area contributed by atoms with Crippen LogP contribution in [-0.2, 0) is 6.54 Å². The Kier molecular flexibility index (Phi) is 5.11. The fourth-order valence-electron chi connectivity index (χ4n) is 4.21. The van der Waals surface area contributed by atoms with Gasteiger partial charge in [-0.05, 0) is 51.6 Å². The number of hydrogen-bond acceptors (Lipinski definition) is 2. The quantitative estimate of drug-likeness (QED) is 0.324. The molecule has 0 spiro atoms. The topological polar surface area (TPSA) is 59.3 Å². The highest BCUT2D eigenvalue weighted by molar-refractivity contribution is 9.10. The normalized spacial score (nSPS) is 11.2. The van der Waals surface area contributed by atoms with E-state index >= 15 is 0 Å². The van der Waals surface area contributed by atoms with Crippen LogP contribution >= 0.6 is 15.9 Å². The molecule has 4 nitrogen and oxygen atoms in total. The van der Waals surface area contributed by atoms with Gasteiger partial charge in [-0.1, -0.05) is 82.7 Å². The van der Waals surface area contributed by atoms with Crippen molar-refractivity contribution in [3.05, 3.63) is 117 Å². The minimum absolute atomic E-state index is 0.0139. The number of rotatable bonds is 4. The maximum Gasteiger partial charge on any atom is 0.353 e. The molecule has 0 saturated carbocycles. The Labute approximate surface area is 192 Å². The maximum atomic E-state index is 13.5. The third-order valence-corrected chi connectivity index (χ3v) is 6.15. The van der Waals surface area contributed by atoms with E-state index in [1.54, 1.807) is 12.1 Å². The first-order valence-corrected chi connectivity index (χ1v) is 10.9. The van der Waals surface area contributed by atoms with Crippen molar-refractivity contribution in [3.8, 4) is 11.1 Å². The van der Waals surface area contributed by atoms with Gasteiger partial charge in [0.2, 0.25) is 0 Å². The molecule has 0 unspecified atom stereocenters. The second-order valence-electron chi connectivity index (χ2n) is 7.66. The van der Waals surface area contributed by atoms with E-state index in [-0.39, 0.29) is 17.8 Å². The first-order valence-electron chi connectivity index (χ1n) is 10.2. The van der Waals surface area contributed by atoms with Gasteiger partial charge in [0.1, 0.15) is 5.69 Å². The second kappa shape index (κ2) is 8.09. The molecule has 5 aromatic rings. The number of aromatic nitrogens is 1. The number of carboxylic acids is 1.